The van der Waals surface area contributed by atoms with E-state index in [0.29, 0.717) is 18.7 Å². The number of rotatable bonds is 5. The number of fused-ring (bicyclic) bond motifs is 1. The van der Waals surface area contributed by atoms with E-state index in [1.54, 1.807) is 0 Å². The fourth-order valence-electron chi connectivity index (χ4n) is 3.44. The zero-order valence-electron chi connectivity index (χ0n) is 16.1. The molecule has 0 aliphatic carbocycles. The highest BCUT2D eigenvalue weighted by Gasteiger charge is 2.23. The first-order chi connectivity index (χ1) is 13.7. The van der Waals surface area contributed by atoms with Gasteiger partial charge in [0, 0.05) is 44.8 Å². The Morgan fingerprint density at radius 3 is 2.43 bits per heavy atom. The quantitative estimate of drug-likeness (QED) is 0.654. The predicted octanol–water partition coefficient (Wildman–Crippen LogP) is 2.29. The summed E-state index contributed by atoms with van der Waals surface area (Å²) in [6, 6.07) is 9.54. The topological polar surface area (TPSA) is 78.4 Å². The summed E-state index contributed by atoms with van der Waals surface area (Å²) in [5, 5.41) is 8.76. The Morgan fingerprint density at radius 2 is 1.75 bits per heavy atom. The van der Waals surface area contributed by atoms with Gasteiger partial charge in [0.15, 0.2) is 11.6 Å². The third kappa shape index (κ3) is 3.62. The molecule has 0 bridgehead atoms. The van der Waals surface area contributed by atoms with Gasteiger partial charge in [0.05, 0.1) is 11.7 Å². The normalized spacial score (nSPS) is 14.5. The number of nitrogens with zero attached hydrogens (tertiary/aromatic N) is 7. The van der Waals surface area contributed by atoms with Crippen molar-refractivity contribution in [2.24, 2.45) is 0 Å². The molecule has 2 aromatic heterocycles. The Kier molecular flexibility index (Phi) is 5.34. The molecule has 0 spiro atoms. The van der Waals surface area contributed by atoms with Crippen LogP contribution >= 0.6 is 11.7 Å². The number of piperazine rings is 1. The second-order valence-corrected chi connectivity index (χ2v) is 7.20. The van der Waals surface area contributed by atoms with Gasteiger partial charge < -0.3 is 14.7 Å². The summed E-state index contributed by atoms with van der Waals surface area (Å²) in [6.45, 7) is 8.84. The van der Waals surface area contributed by atoms with Gasteiger partial charge in [-0.3, -0.25) is 4.79 Å². The zero-order valence-corrected chi connectivity index (χ0v) is 16.9. The van der Waals surface area contributed by atoms with Gasteiger partial charge in [-0.05, 0) is 44.2 Å². The lowest BCUT2D eigenvalue weighted by atomic mass is 10.1. The van der Waals surface area contributed by atoms with Gasteiger partial charge >= 0.3 is 0 Å². The monoisotopic (exact) mass is 397 g/mol. The van der Waals surface area contributed by atoms with Crippen molar-refractivity contribution in [3.63, 3.8) is 0 Å². The van der Waals surface area contributed by atoms with Crippen LogP contribution in [-0.2, 0) is 0 Å². The van der Waals surface area contributed by atoms with Crippen LogP contribution in [0, 0.1) is 0 Å². The maximum absolute atomic E-state index is 12.8. The predicted molar refractivity (Wildman–Crippen MR) is 111 cm³/mol. The highest BCUT2D eigenvalue weighted by atomic mass is 32.1. The van der Waals surface area contributed by atoms with Crippen molar-refractivity contribution in [2.45, 2.75) is 13.8 Å². The number of anilines is 2. The average Bonchev–Trinajstić information content (AvgIpc) is 3.23. The Balaban J connectivity index is 1.39. The second-order valence-electron chi connectivity index (χ2n) is 6.67. The van der Waals surface area contributed by atoms with Crippen LogP contribution in [0.4, 0.5) is 11.6 Å². The van der Waals surface area contributed by atoms with Crippen LogP contribution in [0.25, 0.3) is 11.0 Å². The first kappa shape index (κ1) is 18.5. The minimum atomic E-state index is 0.0394. The van der Waals surface area contributed by atoms with Crippen molar-refractivity contribution in [1.82, 2.24) is 23.8 Å². The molecule has 4 rings (SSSR count). The molecule has 9 heteroatoms. The molecule has 0 radical (unpaired) electrons. The van der Waals surface area contributed by atoms with E-state index in [4.69, 9.17) is 0 Å². The smallest absolute Gasteiger partial charge is 0.254 e. The first-order valence-corrected chi connectivity index (χ1v) is 10.3. The third-order valence-electron chi connectivity index (χ3n) is 5.12. The van der Waals surface area contributed by atoms with Gasteiger partial charge in [0.25, 0.3) is 5.91 Å². The van der Waals surface area contributed by atoms with Gasteiger partial charge in [-0.25, -0.2) is 0 Å². The molecule has 1 saturated heterocycles. The molecule has 1 aliphatic rings. The number of benzene rings is 1. The van der Waals surface area contributed by atoms with E-state index in [9.17, 15) is 4.79 Å². The zero-order chi connectivity index (χ0) is 19.5. The number of carbonyl (C=O) groups is 1. The molecule has 3 aromatic rings. The van der Waals surface area contributed by atoms with Gasteiger partial charge in [-0.15, -0.1) is 10.2 Å². The summed E-state index contributed by atoms with van der Waals surface area (Å²) in [6.07, 6.45) is 0. The van der Waals surface area contributed by atoms with E-state index in [-0.39, 0.29) is 5.91 Å². The van der Waals surface area contributed by atoms with E-state index in [1.807, 2.05) is 35.2 Å². The maximum Gasteiger partial charge on any atom is 0.254 e. The van der Waals surface area contributed by atoms with E-state index in [0.717, 1.165) is 60.6 Å². The molecule has 0 N–H and O–H groups in total. The minimum Gasteiger partial charge on any atom is -0.356 e. The summed E-state index contributed by atoms with van der Waals surface area (Å²) in [4.78, 5) is 19.1. The van der Waals surface area contributed by atoms with Crippen molar-refractivity contribution >= 4 is 40.3 Å². The van der Waals surface area contributed by atoms with Crippen LogP contribution in [0.15, 0.2) is 30.3 Å². The Morgan fingerprint density at radius 1 is 1.00 bits per heavy atom. The van der Waals surface area contributed by atoms with Gasteiger partial charge in [0.1, 0.15) is 11.0 Å². The van der Waals surface area contributed by atoms with Crippen LogP contribution in [-0.4, -0.2) is 69.0 Å². The molecule has 146 valence electrons. The number of amides is 1. The van der Waals surface area contributed by atoms with Crippen molar-refractivity contribution in [3.8, 4) is 0 Å². The summed E-state index contributed by atoms with van der Waals surface area (Å²) in [7, 11) is 0. The van der Waals surface area contributed by atoms with Crippen molar-refractivity contribution in [1.29, 1.82) is 0 Å². The van der Waals surface area contributed by atoms with Gasteiger partial charge in [-0.2, -0.15) is 8.75 Å². The lowest BCUT2D eigenvalue weighted by Gasteiger charge is -2.35. The number of hydrogen-bond acceptors (Lipinski definition) is 8. The molecule has 0 atom stereocenters. The molecule has 3 heterocycles. The van der Waals surface area contributed by atoms with Crippen LogP contribution in [0.1, 0.15) is 24.2 Å². The fourth-order valence-corrected chi connectivity index (χ4v) is 3.96. The average molecular weight is 398 g/mol. The van der Waals surface area contributed by atoms with Crippen LogP contribution in [0.2, 0.25) is 0 Å². The molecule has 1 fully saturated rings. The van der Waals surface area contributed by atoms with Crippen molar-refractivity contribution in [2.75, 3.05) is 49.1 Å². The molecule has 28 heavy (non-hydrogen) atoms. The number of hydrogen-bond donors (Lipinski definition) is 0. The summed E-state index contributed by atoms with van der Waals surface area (Å²) in [5.41, 5.74) is 2.27. The molecule has 0 saturated carbocycles. The maximum atomic E-state index is 12.8. The molecule has 8 nitrogen and oxygen atoms in total. The van der Waals surface area contributed by atoms with E-state index in [2.05, 4.69) is 42.6 Å². The minimum absolute atomic E-state index is 0.0394. The Labute approximate surface area is 168 Å². The van der Waals surface area contributed by atoms with Gasteiger partial charge in [0.2, 0.25) is 0 Å². The molecule has 1 aliphatic heterocycles. The summed E-state index contributed by atoms with van der Waals surface area (Å²) in [5.74, 6) is 1.80. The lowest BCUT2D eigenvalue weighted by molar-refractivity contribution is 0.0746. The third-order valence-corrected chi connectivity index (χ3v) is 5.67. The molecule has 1 amide bonds. The summed E-state index contributed by atoms with van der Waals surface area (Å²) < 4.78 is 8.41. The summed E-state index contributed by atoms with van der Waals surface area (Å²) >= 11 is 1.16. The molecular formula is C19H23N7OS. The van der Waals surface area contributed by atoms with E-state index in [1.165, 1.54) is 0 Å². The molecular weight excluding hydrogens is 374 g/mol. The second kappa shape index (κ2) is 8.05. The lowest BCUT2D eigenvalue weighted by Crippen LogP contribution is -2.49. The highest BCUT2D eigenvalue weighted by Crippen LogP contribution is 2.19. The number of carbonyl (C=O) groups excluding carboxylic acids is 1. The van der Waals surface area contributed by atoms with Crippen LogP contribution in [0.5, 0.6) is 0 Å². The Hall–Kier alpha value is -2.81. The Bertz CT molecular complexity index is 946. The van der Waals surface area contributed by atoms with Crippen molar-refractivity contribution < 1.29 is 4.79 Å². The molecule has 0 unspecified atom stereocenters. The first-order valence-electron chi connectivity index (χ1n) is 9.54. The van der Waals surface area contributed by atoms with E-state index < -0.39 is 0 Å². The fraction of sp³-hybridized carbons (Fsp3) is 0.421. The van der Waals surface area contributed by atoms with Crippen LogP contribution in [0.3, 0.4) is 0 Å². The number of aromatic nitrogens is 4. The highest BCUT2D eigenvalue weighted by molar-refractivity contribution is 7.00. The SMILES string of the molecule is CCN(CC)c1ccc(N2CCN(C(=O)c3ccc4nsnc4c3)CC2)nn1. The van der Waals surface area contributed by atoms with E-state index >= 15 is 0 Å². The standard InChI is InChI=1S/C19H23N7OS/c1-3-24(4-2)17-7-8-18(21-20-17)25-9-11-26(12-10-25)19(27)14-5-6-15-16(13-14)23-28-22-15/h5-8,13H,3-4,9-12H2,1-2H3. The molecule has 1 aromatic carbocycles. The van der Waals surface area contributed by atoms with Crippen molar-refractivity contribution in [3.05, 3.63) is 35.9 Å². The van der Waals surface area contributed by atoms with Gasteiger partial charge in [-0.1, -0.05) is 0 Å². The largest absolute Gasteiger partial charge is 0.356 e. The van der Waals surface area contributed by atoms with Crippen LogP contribution < -0.4 is 9.80 Å².